The number of hydrogen-bond donors (Lipinski definition) is 2. The van der Waals surface area contributed by atoms with Crippen LogP contribution in [-0.2, 0) is 6.18 Å². The predicted molar refractivity (Wildman–Crippen MR) is 92.7 cm³/mol. The number of rotatable bonds is 6. The molecule has 0 saturated heterocycles. The van der Waals surface area contributed by atoms with Crippen molar-refractivity contribution >= 4 is 29.0 Å². The molecule has 2 rings (SSSR count). The van der Waals surface area contributed by atoms with E-state index in [4.69, 9.17) is 11.6 Å². The Hall–Kier alpha value is -2.39. The topological polar surface area (TPSA) is 70.2 Å². The lowest BCUT2D eigenvalue weighted by atomic mass is 10.1. The quantitative estimate of drug-likeness (QED) is 0.796. The first kappa shape index (κ1) is 19.9. The van der Waals surface area contributed by atoms with Crippen molar-refractivity contribution in [3.05, 3.63) is 46.6 Å². The predicted octanol–water partition coefficient (Wildman–Crippen LogP) is 3.18. The number of amides is 1. The van der Waals surface area contributed by atoms with Crippen LogP contribution in [0.2, 0.25) is 5.02 Å². The van der Waals surface area contributed by atoms with Crippen molar-refractivity contribution in [1.82, 2.24) is 20.4 Å². The maximum atomic E-state index is 13.1. The lowest BCUT2D eigenvalue weighted by Gasteiger charge is -2.14. The Morgan fingerprint density at radius 3 is 2.50 bits per heavy atom. The highest BCUT2D eigenvalue weighted by Gasteiger charge is 2.34. The Morgan fingerprint density at radius 2 is 1.92 bits per heavy atom. The fraction of sp³-hybridized carbons (Fsp3) is 0.312. The van der Waals surface area contributed by atoms with Crippen LogP contribution in [0.25, 0.3) is 0 Å². The Kier molecular flexibility index (Phi) is 6.38. The summed E-state index contributed by atoms with van der Waals surface area (Å²) in [5, 5.41) is 12.7. The van der Waals surface area contributed by atoms with Crippen molar-refractivity contribution in [2.24, 2.45) is 0 Å². The summed E-state index contributed by atoms with van der Waals surface area (Å²) < 4.78 is 39.3. The van der Waals surface area contributed by atoms with E-state index in [1.165, 1.54) is 24.3 Å². The summed E-state index contributed by atoms with van der Waals surface area (Å²) in [4.78, 5) is 13.8. The summed E-state index contributed by atoms with van der Waals surface area (Å²) >= 11 is 5.64. The Bertz CT molecular complexity index is 765. The highest BCUT2D eigenvalue weighted by Crippen LogP contribution is 2.37. The molecule has 1 aromatic carbocycles. The molecule has 0 atom stereocenters. The van der Waals surface area contributed by atoms with Crippen LogP contribution >= 0.6 is 11.6 Å². The number of hydrogen-bond acceptors (Lipinski definition) is 5. The molecule has 26 heavy (non-hydrogen) atoms. The molecule has 0 bridgehead atoms. The number of halogens is 4. The summed E-state index contributed by atoms with van der Waals surface area (Å²) in [5.41, 5.74) is -1.06. The van der Waals surface area contributed by atoms with Crippen LogP contribution in [0.1, 0.15) is 16.1 Å². The molecule has 0 aliphatic heterocycles. The first-order chi connectivity index (χ1) is 12.2. The van der Waals surface area contributed by atoms with E-state index in [0.717, 1.165) is 6.07 Å². The van der Waals surface area contributed by atoms with Crippen molar-refractivity contribution in [2.75, 3.05) is 32.5 Å². The number of likely N-dealkylation sites (N-methyl/N-ethyl adjacent to an activating group) is 1. The van der Waals surface area contributed by atoms with E-state index in [2.05, 4.69) is 20.8 Å². The summed E-state index contributed by atoms with van der Waals surface area (Å²) in [5.74, 6) is -0.337. The molecule has 6 nitrogen and oxygen atoms in total. The van der Waals surface area contributed by atoms with Gasteiger partial charge in [0.15, 0.2) is 11.5 Å². The van der Waals surface area contributed by atoms with Gasteiger partial charge in [-0.3, -0.25) is 4.79 Å². The number of carbonyl (C=O) groups excluding carboxylic acids is 1. The van der Waals surface area contributed by atoms with Gasteiger partial charge in [0.2, 0.25) is 0 Å². The molecule has 0 aliphatic rings. The Labute approximate surface area is 153 Å². The van der Waals surface area contributed by atoms with Gasteiger partial charge in [-0.05, 0) is 44.4 Å². The highest BCUT2D eigenvalue weighted by atomic mass is 35.5. The molecule has 1 aromatic heterocycles. The second kappa shape index (κ2) is 8.33. The molecule has 1 heterocycles. The SMILES string of the molecule is CN(C)CCNC(=O)c1ccc(Nc2ccc(Cl)cc2C(F)(F)F)nn1. The minimum absolute atomic E-state index is 0.0290. The van der Waals surface area contributed by atoms with Gasteiger partial charge in [0.1, 0.15) is 0 Å². The molecule has 1 amide bonds. The number of benzene rings is 1. The summed E-state index contributed by atoms with van der Waals surface area (Å²) in [6.07, 6.45) is -4.58. The van der Waals surface area contributed by atoms with Crippen molar-refractivity contribution in [3.63, 3.8) is 0 Å². The number of alkyl halides is 3. The van der Waals surface area contributed by atoms with Crippen LogP contribution in [0.3, 0.4) is 0 Å². The van der Waals surface area contributed by atoms with E-state index in [-0.39, 0.29) is 22.2 Å². The second-order valence-electron chi connectivity index (χ2n) is 5.68. The zero-order valence-electron chi connectivity index (χ0n) is 14.1. The smallest absolute Gasteiger partial charge is 0.349 e. The molecular formula is C16H17ClF3N5O. The van der Waals surface area contributed by atoms with Crippen LogP contribution in [0.4, 0.5) is 24.7 Å². The number of aromatic nitrogens is 2. The van der Waals surface area contributed by atoms with E-state index in [1.807, 2.05) is 19.0 Å². The minimum Gasteiger partial charge on any atom is -0.349 e. The van der Waals surface area contributed by atoms with Crippen molar-refractivity contribution in [1.29, 1.82) is 0 Å². The molecule has 0 unspecified atom stereocenters. The molecule has 0 fully saturated rings. The van der Waals surface area contributed by atoms with Gasteiger partial charge in [0.05, 0.1) is 11.3 Å². The van der Waals surface area contributed by atoms with Crippen molar-refractivity contribution in [3.8, 4) is 0 Å². The molecule has 0 saturated carbocycles. The van der Waals surface area contributed by atoms with Gasteiger partial charge in [0, 0.05) is 18.1 Å². The molecule has 0 spiro atoms. The summed E-state index contributed by atoms with van der Waals surface area (Å²) in [7, 11) is 3.75. The van der Waals surface area contributed by atoms with Gasteiger partial charge in [-0.2, -0.15) is 13.2 Å². The van der Waals surface area contributed by atoms with Gasteiger partial charge in [-0.15, -0.1) is 10.2 Å². The van der Waals surface area contributed by atoms with Gasteiger partial charge in [-0.1, -0.05) is 11.6 Å². The van der Waals surface area contributed by atoms with Gasteiger partial charge >= 0.3 is 6.18 Å². The molecule has 10 heteroatoms. The third-order valence-corrected chi connectivity index (χ3v) is 3.53. The van der Waals surface area contributed by atoms with E-state index in [1.54, 1.807) is 0 Å². The van der Waals surface area contributed by atoms with E-state index < -0.39 is 17.6 Å². The van der Waals surface area contributed by atoms with Gasteiger partial charge in [-0.25, -0.2) is 0 Å². The fourth-order valence-corrected chi connectivity index (χ4v) is 2.17. The van der Waals surface area contributed by atoms with Gasteiger partial charge < -0.3 is 15.5 Å². The largest absolute Gasteiger partial charge is 0.418 e. The highest BCUT2D eigenvalue weighted by molar-refractivity contribution is 6.30. The van der Waals surface area contributed by atoms with Crippen molar-refractivity contribution < 1.29 is 18.0 Å². The zero-order chi connectivity index (χ0) is 19.3. The maximum Gasteiger partial charge on any atom is 0.418 e. The standard InChI is InChI=1S/C16H17ClF3N5O/c1-25(2)8-7-21-15(26)13-5-6-14(24-23-13)22-12-4-3-10(17)9-11(12)16(18,19)20/h3-6,9H,7-8H2,1-2H3,(H,21,26)(H,22,24). The monoisotopic (exact) mass is 387 g/mol. The summed E-state index contributed by atoms with van der Waals surface area (Å²) in [6, 6.07) is 6.11. The van der Waals surface area contributed by atoms with Gasteiger partial charge in [0.25, 0.3) is 5.91 Å². The fourth-order valence-electron chi connectivity index (χ4n) is 2.00. The summed E-state index contributed by atoms with van der Waals surface area (Å²) in [6.45, 7) is 1.10. The van der Waals surface area contributed by atoms with Crippen LogP contribution in [0, 0.1) is 0 Å². The average molecular weight is 388 g/mol. The Morgan fingerprint density at radius 1 is 1.19 bits per heavy atom. The molecule has 0 aliphatic carbocycles. The number of carbonyl (C=O) groups is 1. The maximum absolute atomic E-state index is 13.1. The molecule has 2 N–H and O–H groups in total. The van der Waals surface area contributed by atoms with Crippen LogP contribution in [-0.4, -0.2) is 48.2 Å². The van der Waals surface area contributed by atoms with Crippen LogP contribution in [0.5, 0.6) is 0 Å². The third kappa shape index (κ3) is 5.57. The van der Waals surface area contributed by atoms with Crippen LogP contribution in [0.15, 0.2) is 30.3 Å². The minimum atomic E-state index is -4.58. The number of anilines is 2. The molecule has 140 valence electrons. The van der Waals surface area contributed by atoms with E-state index in [9.17, 15) is 18.0 Å². The Balaban J connectivity index is 2.09. The zero-order valence-corrected chi connectivity index (χ0v) is 14.8. The molecule has 2 aromatic rings. The van der Waals surface area contributed by atoms with Crippen molar-refractivity contribution in [2.45, 2.75) is 6.18 Å². The molecule has 0 radical (unpaired) electrons. The lowest BCUT2D eigenvalue weighted by Crippen LogP contribution is -2.31. The first-order valence-electron chi connectivity index (χ1n) is 7.57. The molecular weight excluding hydrogens is 371 g/mol. The lowest BCUT2D eigenvalue weighted by molar-refractivity contribution is -0.136. The normalized spacial score (nSPS) is 11.5. The van der Waals surface area contributed by atoms with E-state index >= 15 is 0 Å². The van der Waals surface area contributed by atoms with E-state index in [0.29, 0.717) is 13.1 Å². The third-order valence-electron chi connectivity index (χ3n) is 3.29. The first-order valence-corrected chi connectivity index (χ1v) is 7.95. The number of nitrogens with one attached hydrogen (secondary N) is 2. The van der Waals surface area contributed by atoms with Crippen LogP contribution < -0.4 is 10.6 Å². The average Bonchev–Trinajstić information content (AvgIpc) is 2.56. The number of nitrogens with zero attached hydrogens (tertiary/aromatic N) is 3. The second-order valence-corrected chi connectivity index (χ2v) is 6.11.